The highest BCUT2D eigenvalue weighted by atomic mass is 32.1. The first kappa shape index (κ1) is 19.2. The standard InChI is InChI=1S/C21H22N4O3S/c1-28-18-6-3-2-5-17(18)23-8-10-24(11-9-23)21(27)14-25-15-22-16(13-20(25)26)19-7-4-12-29-19/h2-7,12-13,15H,8-11,14H2,1H3. The first-order chi connectivity index (χ1) is 14.2. The van der Waals surface area contributed by atoms with Crippen molar-refractivity contribution in [1.29, 1.82) is 0 Å². The molecule has 29 heavy (non-hydrogen) atoms. The number of para-hydroxylation sites is 2. The molecule has 0 radical (unpaired) electrons. The van der Waals surface area contributed by atoms with Crippen molar-refractivity contribution in [2.75, 3.05) is 38.2 Å². The van der Waals surface area contributed by atoms with Gasteiger partial charge in [-0.15, -0.1) is 11.3 Å². The molecule has 0 unspecified atom stereocenters. The summed E-state index contributed by atoms with van der Waals surface area (Å²) in [6, 6.07) is 13.2. The molecule has 3 aromatic rings. The number of anilines is 1. The van der Waals surface area contributed by atoms with Crippen LogP contribution in [0.1, 0.15) is 0 Å². The van der Waals surface area contributed by atoms with Gasteiger partial charge in [0, 0.05) is 32.2 Å². The molecule has 1 aromatic carbocycles. The number of hydrogen-bond donors (Lipinski definition) is 0. The number of thiophene rings is 1. The van der Waals surface area contributed by atoms with Gasteiger partial charge in [0.1, 0.15) is 12.3 Å². The van der Waals surface area contributed by atoms with Crippen LogP contribution in [0.15, 0.2) is 59.0 Å². The molecular formula is C21H22N4O3S. The monoisotopic (exact) mass is 410 g/mol. The lowest BCUT2D eigenvalue weighted by atomic mass is 10.2. The van der Waals surface area contributed by atoms with E-state index in [9.17, 15) is 9.59 Å². The molecule has 1 saturated heterocycles. The Labute approximate surface area is 172 Å². The SMILES string of the molecule is COc1ccccc1N1CCN(C(=O)Cn2cnc(-c3cccs3)cc2=O)CC1. The van der Waals surface area contributed by atoms with E-state index >= 15 is 0 Å². The van der Waals surface area contributed by atoms with Gasteiger partial charge in [-0.3, -0.25) is 14.2 Å². The fourth-order valence-electron chi connectivity index (χ4n) is 3.44. The molecule has 3 heterocycles. The predicted molar refractivity (Wildman–Crippen MR) is 114 cm³/mol. The molecule has 0 bridgehead atoms. The quantitative estimate of drug-likeness (QED) is 0.646. The highest BCUT2D eigenvalue weighted by Gasteiger charge is 2.23. The van der Waals surface area contributed by atoms with E-state index in [1.807, 2.05) is 41.8 Å². The van der Waals surface area contributed by atoms with Crippen LogP contribution in [0, 0.1) is 0 Å². The van der Waals surface area contributed by atoms with Gasteiger partial charge in [0.15, 0.2) is 0 Å². The summed E-state index contributed by atoms with van der Waals surface area (Å²) in [6.07, 6.45) is 1.46. The average Bonchev–Trinajstić information content (AvgIpc) is 3.30. The molecule has 0 aliphatic carbocycles. The summed E-state index contributed by atoms with van der Waals surface area (Å²) in [7, 11) is 1.66. The fraction of sp³-hybridized carbons (Fsp3) is 0.286. The van der Waals surface area contributed by atoms with Crippen molar-refractivity contribution in [2.24, 2.45) is 0 Å². The maximum atomic E-state index is 12.7. The van der Waals surface area contributed by atoms with E-state index < -0.39 is 0 Å². The van der Waals surface area contributed by atoms with Gasteiger partial charge >= 0.3 is 0 Å². The number of benzene rings is 1. The minimum absolute atomic E-state index is 0.00517. The predicted octanol–water partition coefficient (Wildman–Crippen LogP) is 2.33. The highest BCUT2D eigenvalue weighted by molar-refractivity contribution is 7.13. The Kier molecular flexibility index (Phi) is 5.62. The van der Waals surface area contributed by atoms with Crippen molar-refractivity contribution in [1.82, 2.24) is 14.5 Å². The fourth-order valence-corrected chi connectivity index (χ4v) is 4.13. The summed E-state index contributed by atoms with van der Waals surface area (Å²) in [5.74, 6) is 0.758. The van der Waals surface area contributed by atoms with Crippen molar-refractivity contribution in [3.8, 4) is 16.3 Å². The molecule has 2 aromatic heterocycles. The van der Waals surface area contributed by atoms with Crippen molar-refractivity contribution in [3.05, 3.63) is 64.5 Å². The van der Waals surface area contributed by atoms with Crippen LogP contribution in [0.2, 0.25) is 0 Å². The van der Waals surface area contributed by atoms with Gasteiger partial charge < -0.3 is 14.5 Å². The smallest absolute Gasteiger partial charge is 0.254 e. The van der Waals surface area contributed by atoms with Crippen molar-refractivity contribution in [2.45, 2.75) is 6.54 Å². The molecular weight excluding hydrogens is 388 g/mol. The first-order valence-corrected chi connectivity index (χ1v) is 10.3. The summed E-state index contributed by atoms with van der Waals surface area (Å²) in [6.45, 7) is 2.65. The number of piperazine rings is 1. The normalized spacial score (nSPS) is 14.1. The van der Waals surface area contributed by atoms with Crippen LogP contribution in [0.3, 0.4) is 0 Å². The average molecular weight is 410 g/mol. The number of aromatic nitrogens is 2. The van der Waals surface area contributed by atoms with E-state index in [0.717, 1.165) is 29.4 Å². The highest BCUT2D eigenvalue weighted by Crippen LogP contribution is 2.28. The van der Waals surface area contributed by atoms with Gasteiger partial charge in [-0.25, -0.2) is 4.98 Å². The number of rotatable bonds is 5. The molecule has 0 atom stereocenters. The number of hydrogen-bond acceptors (Lipinski definition) is 6. The van der Waals surface area contributed by atoms with E-state index in [0.29, 0.717) is 18.8 Å². The van der Waals surface area contributed by atoms with E-state index in [-0.39, 0.29) is 18.0 Å². The summed E-state index contributed by atoms with van der Waals surface area (Å²) < 4.78 is 6.80. The van der Waals surface area contributed by atoms with Gasteiger partial charge in [0.05, 0.1) is 29.7 Å². The van der Waals surface area contributed by atoms with Crippen molar-refractivity contribution in [3.63, 3.8) is 0 Å². The Morgan fingerprint density at radius 3 is 2.62 bits per heavy atom. The maximum absolute atomic E-state index is 12.7. The lowest BCUT2D eigenvalue weighted by molar-refractivity contribution is -0.132. The van der Waals surface area contributed by atoms with Crippen molar-refractivity contribution >= 4 is 22.9 Å². The Balaban J connectivity index is 1.38. The van der Waals surface area contributed by atoms with Crippen LogP contribution >= 0.6 is 11.3 Å². The zero-order valence-corrected chi connectivity index (χ0v) is 17.0. The van der Waals surface area contributed by atoms with Gasteiger partial charge in [-0.2, -0.15) is 0 Å². The molecule has 1 aliphatic heterocycles. The molecule has 7 nitrogen and oxygen atoms in total. The van der Waals surface area contributed by atoms with Gasteiger partial charge in [-0.1, -0.05) is 18.2 Å². The Hall–Kier alpha value is -3.13. The van der Waals surface area contributed by atoms with E-state index in [4.69, 9.17) is 4.74 Å². The third-order valence-corrected chi connectivity index (χ3v) is 5.91. The van der Waals surface area contributed by atoms with Crippen LogP contribution in [0.5, 0.6) is 5.75 Å². The molecule has 1 fully saturated rings. The summed E-state index contributed by atoms with van der Waals surface area (Å²) in [5.41, 5.74) is 1.45. The lowest BCUT2D eigenvalue weighted by Crippen LogP contribution is -2.50. The summed E-state index contributed by atoms with van der Waals surface area (Å²) in [5, 5.41) is 1.94. The lowest BCUT2D eigenvalue weighted by Gasteiger charge is -2.36. The number of ether oxygens (including phenoxy) is 1. The van der Waals surface area contributed by atoms with Crippen LogP contribution in [-0.4, -0.2) is 53.6 Å². The van der Waals surface area contributed by atoms with E-state index in [1.54, 1.807) is 12.0 Å². The van der Waals surface area contributed by atoms with Crippen LogP contribution in [0.4, 0.5) is 5.69 Å². The minimum atomic E-state index is -0.218. The van der Waals surface area contributed by atoms with Gasteiger partial charge in [0.2, 0.25) is 5.91 Å². The topological polar surface area (TPSA) is 67.7 Å². The van der Waals surface area contributed by atoms with Crippen LogP contribution in [-0.2, 0) is 11.3 Å². The van der Waals surface area contributed by atoms with Crippen LogP contribution in [0.25, 0.3) is 10.6 Å². The first-order valence-electron chi connectivity index (χ1n) is 9.42. The van der Waals surface area contributed by atoms with Crippen molar-refractivity contribution < 1.29 is 9.53 Å². The number of carbonyl (C=O) groups excluding carboxylic acids is 1. The molecule has 0 spiro atoms. The maximum Gasteiger partial charge on any atom is 0.254 e. The molecule has 0 N–H and O–H groups in total. The van der Waals surface area contributed by atoms with Crippen LogP contribution < -0.4 is 15.2 Å². The minimum Gasteiger partial charge on any atom is -0.495 e. The summed E-state index contributed by atoms with van der Waals surface area (Å²) in [4.78, 5) is 34.4. The largest absolute Gasteiger partial charge is 0.495 e. The molecule has 4 rings (SSSR count). The summed E-state index contributed by atoms with van der Waals surface area (Å²) >= 11 is 1.53. The molecule has 1 amide bonds. The van der Waals surface area contributed by atoms with Gasteiger partial charge in [-0.05, 0) is 23.6 Å². The zero-order valence-electron chi connectivity index (χ0n) is 16.2. The Morgan fingerprint density at radius 2 is 1.93 bits per heavy atom. The van der Waals surface area contributed by atoms with Gasteiger partial charge in [0.25, 0.3) is 5.56 Å². The number of amides is 1. The molecule has 0 saturated carbocycles. The molecule has 8 heteroatoms. The number of nitrogens with zero attached hydrogens (tertiary/aromatic N) is 4. The second-order valence-electron chi connectivity index (χ2n) is 6.76. The zero-order chi connectivity index (χ0) is 20.2. The molecule has 150 valence electrons. The van der Waals surface area contributed by atoms with E-state index in [1.165, 1.54) is 28.3 Å². The Morgan fingerprint density at radius 1 is 1.14 bits per heavy atom. The third kappa shape index (κ3) is 4.17. The number of methoxy groups -OCH3 is 1. The second kappa shape index (κ2) is 8.48. The second-order valence-corrected chi connectivity index (χ2v) is 7.70. The third-order valence-electron chi connectivity index (χ3n) is 5.02. The number of carbonyl (C=O) groups is 1. The molecule has 1 aliphatic rings. The Bertz CT molecular complexity index is 1040. The van der Waals surface area contributed by atoms with E-state index in [2.05, 4.69) is 9.88 Å².